The summed E-state index contributed by atoms with van der Waals surface area (Å²) in [6.07, 6.45) is -3.63. The van der Waals surface area contributed by atoms with Gasteiger partial charge in [0.05, 0.1) is 0 Å². The number of benzene rings is 2. The molecule has 1 heterocycles. The molecule has 2 aromatic rings. The van der Waals surface area contributed by atoms with Crippen LogP contribution < -0.4 is 19.7 Å². The van der Waals surface area contributed by atoms with Crippen LogP contribution in [0.1, 0.15) is 6.42 Å². The predicted molar refractivity (Wildman–Crippen MR) is 108 cm³/mol. The van der Waals surface area contributed by atoms with E-state index >= 15 is 0 Å². The van der Waals surface area contributed by atoms with Gasteiger partial charge >= 0.3 is 6.36 Å². The molecule has 1 atom stereocenters. The van der Waals surface area contributed by atoms with E-state index in [2.05, 4.69) is 33.9 Å². The summed E-state index contributed by atoms with van der Waals surface area (Å²) in [5.74, 6) is -0.457. The van der Waals surface area contributed by atoms with Gasteiger partial charge in [-0.15, -0.1) is 13.2 Å². The van der Waals surface area contributed by atoms with Crippen molar-refractivity contribution < 1.29 is 27.4 Å². The average molecular weight is 423 g/mol. The number of ether oxygens (including phenoxy) is 2. The van der Waals surface area contributed by atoms with Crippen molar-refractivity contribution in [2.24, 2.45) is 0 Å². The molecule has 1 unspecified atom stereocenters. The zero-order chi connectivity index (χ0) is 21.7. The number of hydrogen-bond acceptors (Lipinski definition) is 5. The summed E-state index contributed by atoms with van der Waals surface area (Å²) in [6, 6.07) is 13.0. The van der Waals surface area contributed by atoms with Gasteiger partial charge in [-0.25, -0.2) is 0 Å². The van der Waals surface area contributed by atoms with Crippen molar-refractivity contribution >= 4 is 17.3 Å². The van der Waals surface area contributed by atoms with Gasteiger partial charge < -0.3 is 24.6 Å². The lowest BCUT2D eigenvalue weighted by molar-refractivity contribution is -0.274. The normalized spacial score (nSPS) is 16.6. The Hall–Kier alpha value is -2.94. The number of carbonyl (C=O) groups excluding carboxylic acids is 1. The zero-order valence-electron chi connectivity index (χ0n) is 16.8. The molecule has 1 aliphatic rings. The third-order valence-corrected chi connectivity index (χ3v) is 4.84. The Morgan fingerprint density at radius 3 is 2.30 bits per heavy atom. The van der Waals surface area contributed by atoms with Crippen LogP contribution in [-0.4, -0.2) is 57.0 Å². The Balaban J connectivity index is 1.46. The molecule has 30 heavy (non-hydrogen) atoms. The van der Waals surface area contributed by atoms with E-state index in [-0.39, 0.29) is 24.0 Å². The number of nitrogens with zero attached hydrogens (tertiary/aromatic N) is 2. The lowest BCUT2D eigenvalue weighted by Gasteiger charge is -2.22. The maximum Gasteiger partial charge on any atom is 0.573 e. The lowest BCUT2D eigenvalue weighted by atomic mass is 10.2. The number of carbonyl (C=O) groups is 1. The first-order valence-corrected chi connectivity index (χ1v) is 9.49. The minimum Gasteiger partial charge on any atom is -0.484 e. The largest absolute Gasteiger partial charge is 0.573 e. The van der Waals surface area contributed by atoms with Gasteiger partial charge in [-0.1, -0.05) is 0 Å². The molecule has 0 spiro atoms. The third-order valence-electron chi connectivity index (χ3n) is 4.84. The molecular weight excluding hydrogens is 399 g/mol. The molecule has 2 aromatic carbocycles. The lowest BCUT2D eigenvalue weighted by Crippen LogP contribution is -2.31. The van der Waals surface area contributed by atoms with Crippen molar-refractivity contribution in [3.8, 4) is 11.5 Å². The molecule has 6 nitrogen and oxygen atoms in total. The Morgan fingerprint density at radius 2 is 1.73 bits per heavy atom. The second-order valence-electron chi connectivity index (χ2n) is 7.26. The molecule has 0 bridgehead atoms. The highest BCUT2D eigenvalue weighted by molar-refractivity contribution is 5.92. The van der Waals surface area contributed by atoms with E-state index in [1.807, 2.05) is 24.3 Å². The summed E-state index contributed by atoms with van der Waals surface area (Å²) in [7, 11) is 4.17. The number of alkyl halides is 3. The van der Waals surface area contributed by atoms with Crippen molar-refractivity contribution in [1.82, 2.24) is 4.90 Å². The number of anilines is 2. The van der Waals surface area contributed by atoms with Crippen LogP contribution in [0.5, 0.6) is 11.5 Å². The van der Waals surface area contributed by atoms with E-state index in [4.69, 9.17) is 4.74 Å². The molecule has 1 saturated heterocycles. The number of amides is 1. The van der Waals surface area contributed by atoms with Crippen LogP contribution in [0.2, 0.25) is 0 Å². The van der Waals surface area contributed by atoms with Crippen molar-refractivity contribution in [3.63, 3.8) is 0 Å². The highest BCUT2D eigenvalue weighted by Crippen LogP contribution is 2.25. The topological polar surface area (TPSA) is 54.0 Å². The first kappa shape index (κ1) is 21.8. The summed E-state index contributed by atoms with van der Waals surface area (Å²) in [4.78, 5) is 16.6. The number of nitrogens with one attached hydrogen (secondary N) is 1. The van der Waals surface area contributed by atoms with Crippen LogP contribution in [-0.2, 0) is 4.79 Å². The van der Waals surface area contributed by atoms with E-state index in [0.29, 0.717) is 11.7 Å². The summed E-state index contributed by atoms with van der Waals surface area (Å²) in [5.41, 5.74) is 1.75. The summed E-state index contributed by atoms with van der Waals surface area (Å²) < 4.78 is 45.5. The maximum atomic E-state index is 12.2. The summed E-state index contributed by atoms with van der Waals surface area (Å²) in [5, 5.41) is 2.74. The van der Waals surface area contributed by atoms with E-state index < -0.39 is 6.36 Å². The van der Waals surface area contributed by atoms with Crippen LogP contribution in [0.4, 0.5) is 24.5 Å². The molecule has 0 saturated carbocycles. The number of rotatable bonds is 7. The van der Waals surface area contributed by atoms with Gasteiger partial charge in [-0.3, -0.25) is 4.79 Å². The molecule has 1 fully saturated rings. The molecule has 1 N–H and O–H groups in total. The Bertz CT molecular complexity index is 839. The van der Waals surface area contributed by atoms with E-state index in [1.165, 1.54) is 12.1 Å². The van der Waals surface area contributed by atoms with Crippen LogP contribution in [0.3, 0.4) is 0 Å². The van der Waals surface area contributed by atoms with Gasteiger partial charge in [0.15, 0.2) is 6.61 Å². The SMILES string of the molecule is CN(C)C1CCN(c2ccc(NC(=O)COc3ccc(OC(F)(F)F)cc3)cc2)C1. The molecule has 3 rings (SSSR count). The van der Waals surface area contributed by atoms with Crippen LogP contribution in [0, 0.1) is 0 Å². The maximum absolute atomic E-state index is 12.2. The molecule has 1 aliphatic heterocycles. The Morgan fingerprint density at radius 1 is 1.10 bits per heavy atom. The van der Waals surface area contributed by atoms with Crippen molar-refractivity contribution in [1.29, 1.82) is 0 Å². The van der Waals surface area contributed by atoms with Gasteiger partial charge in [0, 0.05) is 30.5 Å². The van der Waals surface area contributed by atoms with Crippen LogP contribution in [0.15, 0.2) is 48.5 Å². The van der Waals surface area contributed by atoms with Gasteiger partial charge in [0.1, 0.15) is 11.5 Å². The van der Waals surface area contributed by atoms with Crippen molar-refractivity contribution in [2.75, 3.05) is 44.0 Å². The molecular formula is C21H24F3N3O3. The van der Waals surface area contributed by atoms with E-state index in [9.17, 15) is 18.0 Å². The van der Waals surface area contributed by atoms with Crippen LogP contribution >= 0.6 is 0 Å². The third kappa shape index (κ3) is 6.28. The van der Waals surface area contributed by atoms with Crippen LogP contribution in [0.25, 0.3) is 0 Å². The standard InChI is InChI=1S/C21H24F3N3O3/c1-26(2)17-11-12-27(13-17)16-5-3-15(4-6-16)25-20(28)14-29-18-7-9-19(10-8-18)30-21(22,23)24/h3-10,17H,11-14H2,1-2H3,(H,25,28). The Labute approximate surface area is 173 Å². The van der Waals surface area contributed by atoms with E-state index in [0.717, 1.165) is 37.3 Å². The van der Waals surface area contributed by atoms with Gasteiger partial charge in [0.2, 0.25) is 0 Å². The minimum absolute atomic E-state index is 0.263. The fourth-order valence-corrected chi connectivity index (χ4v) is 3.24. The highest BCUT2D eigenvalue weighted by atomic mass is 19.4. The summed E-state index contributed by atoms with van der Waals surface area (Å²) in [6.45, 7) is 1.70. The first-order valence-electron chi connectivity index (χ1n) is 9.49. The second kappa shape index (κ2) is 9.25. The van der Waals surface area contributed by atoms with Gasteiger partial charge in [-0.2, -0.15) is 0 Å². The zero-order valence-corrected chi connectivity index (χ0v) is 16.8. The fourth-order valence-electron chi connectivity index (χ4n) is 3.24. The van der Waals surface area contributed by atoms with E-state index in [1.54, 1.807) is 0 Å². The smallest absolute Gasteiger partial charge is 0.484 e. The second-order valence-corrected chi connectivity index (χ2v) is 7.26. The number of likely N-dealkylation sites (N-methyl/N-ethyl adjacent to an activating group) is 1. The van der Waals surface area contributed by atoms with Crippen molar-refractivity contribution in [2.45, 2.75) is 18.8 Å². The molecule has 0 radical (unpaired) electrons. The Kier molecular flexibility index (Phi) is 6.71. The minimum atomic E-state index is -4.75. The monoisotopic (exact) mass is 423 g/mol. The molecule has 162 valence electrons. The number of hydrogen-bond donors (Lipinski definition) is 1. The number of halogens is 3. The molecule has 0 aromatic heterocycles. The molecule has 0 aliphatic carbocycles. The predicted octanol–water partition coefficient (Wildman–Crippen LogP) is 3.74. The van der Waals surface area contributed by atoms with Crippen molar-refractivity contribution in [3.05, 3.63) is 48.5 Å². The molecule has 1 amide bonds. The quantitative estimate of drug-likeness (QED) is 0.735. The first-order chi connectivity index (χ1) is 14.2. The highest BCUT2D eigenvalue weighted by Gasteiger charge is 2.31. The van der Waals surface area contributed by atoms with Gasteiger partial charge in [0.25, 0.3) is 5.91 Å². The summed E-state index contributed by atoms with van der Waals surface area (Å²) >= 11 is 0. The molecule has 9 heteroatoms. The average Bonchev–Trinajstić information content (AvgIpc) is 3.17. The fraction of sp³-hybridized carbons (Fsp3) is 0.381. The van der Waals surface area contributed by atoms with Gasteiger partial charge in [-0.05, 0) is 69.0 Å².